The van der Waals surface area contributed by atoms with Gasteiger partial charge in [-0.25, -0.2) is 4.39 Å². The predicted molar refractivity (Wildman–Crippen MR) is 57.4 cm³/mol. The summed E-state index contributed by atoms with van der Waals surface area (Å²) in [5.74, 6) is -0.321. The second kappa shape index (κ2) is 4.19. The maximum Gasteiger partial charge on any atom is 0.170 e. The summed E-state index contributed by atoms with van der Waals surface area (Å²) in [6.45, 7) is 5.57. The second-order valence-corrected chi connectivity index (χ2v) is 4.63. The number of aliphatic hydroxyl groups is 1. The molecular formula is C12H17FO2. The van der Waals surface area contributed by atoms with Crippen LogP contribution in [-0.4, -0.2) is 12.2 Å². The average molecular weight is 212 g/mol. The Hall–Kier alpha value is -1.09. The van der Waals surface area contributed by atoms with E-state index in [9.17, 15) is 9.50 Å². The van der Waals surface area contributed by atoms with Crippen molar-refractivity contribution in [1.82, 2.24) is 0 Å². The Bertz CT molecular complexity index is 342. The maximum atomic E-state index is 13.8. The van der Waals surface area contributed by atoms with E-state index in [2.05, 4.69) is 0 Å². The Kier molecular flexibility index (Phi) is 3.35. The van der Waals surface area contributed by atoms with Gasteiger partial charge in [-0.1, -0.05) is 32.9 Å². The zero-order valence-electron chi connectivity index (χ0n) is 9.54. The van der Waals surface area contributed by atoms with Crippen molar-refractivity contribution in [3.8, 4) is 5.75 Å². The summed E-state index contributed by atoms with van der Waals surface area (Å²) >= 11 is 0. The molecule has 2 nitrogen and oxygen atoms in total. The normalized spacial score (nSPS) is 13.7. The fourth-order valence-corrected chi connectivity index (χ4v) is 1.36. The van der Waals surface area contributed by atoms with Gasteiger partial charge in [-0.15, -0.1) is 0 Å². The van der Waals surface area contributed by atoms with Gasteiger partial charge in [0.25, 0.3) is 0 Å². The molecule has 1 aromatic carbocycles. The first-order chi connectivity index (χ1) is 6.88. The molecule has 0 aliphatic carbocycles. The average Bonchev–Trinajstić information content (AvgIpc) is 2.16. The van der Waals surface area contributed by atoms with E-state index in [1.54, 1.807) is 12.1 Å². The van der Waals surface area contributed by atoms with Crippen LogP contribution in [0.5, 0.6) is 5.75 Å². The van der Waals surface area contributed by atoms with Gasteiger partial charge in [0, 0.05) is 5.56 Å². The molecule has 1 unspecified atom stereocenters. The third-order valence-electron chi connectivity index (χ3n) is 2.33. The largest absolute Gasteiger partial charge is 0.494 e. The molecule has 84 valence electrons. The molecular weight excluding hydrogens is 195 g/mol. The third-order valence-corrected chi connectivity index (χ3v) is 2.33. The van der Waals surface area contributed by atoms with Crippen LogP contribution in [-0.2, 0) is 0 Å². The minimum atomic E-state index is -0.840. The lowest BCUT2D eigenvalue weighted by Crippen LogP contribution is -2.19. The summed E-state index contributed by atoms with van der Waals surface area (Å²) in [6.07, 6.45) is -0.840. The summed E-state index contributed by atoms with van der Waals surface area (Å²) in [7, 11) is 1.41. The van der Waals surface area contributed by atoms with Crippen molar-refractivity contribution < 1.29 is 14.2 Å². The first-order valence-corrected chi connectivity index (χ1v) is 4.88. The molecule has 0 amide bonds. The van der Waals surface area contributed by atoms with Crippen molar-refractivity contribution in [2.75, 3.05) is 7.11 Å². The lowest BCUT2D eigenvalue weighted by molar-refractivity contribution is 0.0590. The molecule has 0 spiro atoms. The van der Waals surface area contributed by atoms with Crippen LogP contribution in [0.4, 0.5) is 4.39 Å². The van der Waals surface area contributed by atoms with Gasteiger partial charge in [-0.3, -0.25) is 0 Å². The zero-order valence-corrected chi connectivity index (χ0v) is 9.54. The molecule has 1 rings (SSSR count). The van der Waals surface area contributed by atoms with Crippen LogP contribution in [0.1, 0.15) is 32.4 Å². The van der Waals surface area contributed by atoms with E-state index in [1.807, 2.05) is 20.8 Å². The van der Waals surface area contributed by atoms with Crippen molar-refractivity contribution in [2.45, 2.75) is 26.9 Å². The molecule has 0 aliphatic heterocycles. The Balaban J connectivity index is 3.15. The minimum absolute atomic E-state index is 0.163. The Labute approximate surface area is 89.7 Å². The number of ether oxygens (including phenoxy) is 1. The van der Waals surface area contributed by atoms with Gasteiger partial charge in [0.1, 0.15) is 0 Å². The quantitative estimate of drug-likeness (QED) is 0.816. The van der Waals surface area contributed by atoms with E-state index in [0.29, 0.717) is 0 Å². The van der Waals surface area contributed by atoms with Gasteiger partial charge < -0.3 is 9.84 Å². The van der Waals surface area contributed by atoms with E-state index < -0.39 is 17.3 Å². The smallest absolute Gasteiger partial charge is 0.170 e. The summed E-state index contributed by atoms with van der Waals surface area (Å²) < 4.78 is 18.6. The van der Waals surface area contributed by atoms with E-state index in [0.717, 1.165) is 0 Å². The number of benzene rings is 1. The SMILES string of the molecule is COc1cccc(C(O)C(C)(C)C)c1F. The van der Waals surface area contributed by atoms with Crippen LogP contribution in [0.3, 0.4) is 0 Å². The number of hydrogen-bond acceptors (Lipinski definition) is 2. The van der Waals surface area contributed by atoms with Crippen LogP contribution in [0, 0.1) is 11.2 Å². The number of methoxy groups -OCH3 is 1. The highest BCUT2D eigenvalue weighted by atomic mass is 19.1. The van der Waals surface area contributed by atoms with Crippen molar-refractivity contribution in [3.05, 3.63) is 29.6 Å². The Morgan fingerprint density at radius 2 is 1.93 bits per heavy atom. The zero-order chi connectivity index (χ0) is 11.6. The van der Waals surface area contributed by atoms with Crippen LogP contribution in [0.25, 0.3) is 0 Å². The molecule has 1 atom stereocenters. The highest BCUT2D eigenvalue weighted by molar-refractivity contribution is 5.33. The van der Waals surface area contributed by atoms with E-state index >= 15 is 0 Å². The van der Waals surface area contributed by atoms with Gasteiger partial charge in [0.2, 0.25) is 0 Å². The molecule has 0 bridgehead atoms. The first kappa shape index (κ1) is 12.0. The van der Waals surface area contributed by atoms with Gasteiger partial charge >= 0.3 is 0 Å². The van der Waals surface area contributed by atoms with Gasteiger partial charge in [0.15, 0.2) is 11.6 Å². The van der Waals surface area contributed by atoms with Crippen molar-refractivity contribution in [1.29, 1.82) is 0 Å². The molecule has 0 heterocycles. The number of rotatable bonds is 2. The molecule has 15 heavy (non-hydrogen) atoms. The van der Waals surface area contributed by atoms with Crippen molar-refractivity contribution in [2.24, 2.45) is 5.41 Å². The van der Waals surface area contributed by atoms with Gasteiger partial charge in [-0.05, 0) is 11.5 Å². The van der Waals surface area contributed by atoms with Gasteiger partial charge in [0.05, 0.1) is 13.2 Å². The number of aliphatic hydroxyl groups excluding tert-OH is 1. The molecule has 1 aromatic rings. The maximum absolute atomic E-state index is 13.8. The fourth-order valence-electron chi connectivity index (χ4n) is 1.36. The summed E-state index contributed by atoms with van der Waals surface area (Å²) in [6, 6.07) is 4.79. The van der Waals surface area contributed by atoms with E-state index in [-0.39, 0.29) is 11.3 Å². The monoisotopic (exact) mass is 212 g/mol. The Morgan fingerprint density at radius 3 is 2.40 bits per heavy atom. The van der Waals surface area contributed by atoms with Crippen LogP contribution >= 0.6 is 0 Å². The summed E-state index contributed by atoms with van der Waals surface area (Å²) in [5.41, 5.74) is -0.116. The molecule has 0 saturated carbocycles. The number of halogens is 1. The predicted octanol–water partition coefficient (Wildman–Crippen LogP) is 2.91. The van der Waals surface area contributed by atoms with Crippen LogP contribution in [0.2, 0.25) is 0 Å². The second-order valence-electron chi connectivity index (χ2n) is 4.63. The molecule has 0 aliphatic rings. The van der Waals surface area contributed by atoms with E-state index in [4.69, 9.17) is 4.74 Å². The number of hydrogen-bond donors (Lipinski definition) is 1. The highest BCUT2D eigenvalue weighted by Gasteiger charge is 2.27. The molecule has 3 heteroatoms. The lowest BCUT2D eigenvalue weighted by atomic mass is 9.84. The fraction of sp³-hybridized carbons (Fsp3) is 0.500. The minimum Gasteiger partial charge on any atom is -0.494 e. The van der Waals surface area contributed by atoms with Gasteiger partial charge in [-0.2, -0.15) is 0 Å². The standard InChI is InChI=1S/C12H17FO2/c1-12(2,3)11(14)8-6-5-7-9(15-4)10(8)13/h5-7,11,14H,1-4H3. The first-order valence-electron chi connectivity index (χ1n) is 4.88. The van der Waals surface area contributed by atoms with Crippen molar-refractivity contribution >= 4 is 0 Å². The summed E-state index contributed by atoms with van der Waals surface area (Å²) in [4.78, 5) is 0. The van der Waals surface area contributed by atoms with Crippen molar-refractivity contribution in [3.63, 3.8) is 0 Å². The van der Waals surface area contributed by atoms with Crippen LogP contribution < -0.4 is 4.74 Å². The lowest BCUT2D eigenvalue weighted by Gasteiger charge is -2.26. The topological polar surface area (TPSA) is 29.5 Å². The molecule has 0 fully saturated rings. The molecule has 0 radical (unpaired) electrons. The van der Waals surface area contributed by atoms with Crippen LogP contribution in [0.15, 0.2) is 18.2 Å². The summed E-state index contributed by atoms with van der Waals surface area (Å²) in [5, 5.41) is 9.96. The third kappa shape index (κ3) is 2.48. The molecule has 1 N–H and O–H groups in total. The molecule has 0 saturated heterocycles. The molecule has 0 aromatic heterocycles. The van der Waals surface area contributed by atoms with E-state index in [1.165, 1.54) is 13.2 Å². The highest BCUT2D eigenvalue weighted by Crippen LogP contribution is 2.35. The Morgan fingerprint density at radius 1 is 1.33 bits per heavy atom.